The van der Waals surface area contributed by atoms with Gasteiger partial charge in [0, 0.05) is 106 Å². The van der Waals surface area contributed by atoms with Gasteiger partial charge in [0.25, 0.3) is 0 Å². The molecule has 0 bridgehead atoms. The second-order valence-electron chi connectivity index (χ2n) is 8.32. The topological polar surface area (TPSA) is 166 Å². The van der Waals surface area contributed by atoms with Crippen molar-refractivity contribution in [1.82, 2.24) is 9.80 Å². The molecule has 0 amide bonds. The molecule has 0 aromatic rings. The third-order valence-corrected chi connectivity index (χ3v) is 11.7. The molecule has 0 aliphatic carbocycles. The van der Waals surface area contributed by atoms with Crippen LogP contribution in [0.4, 0.5) is 0 Å². The lowest BCUT2D eigenvalue weighted by molar-refractivity contribution is 0.0699. The highest BCUT2D eigenvalue weighted by atomic mass is 28.4. The quantitative estimate of drug-likeness (QED) is 0.109. The second kappa shape index (κ2) is 26.2. The molecule has 226 valence electrons. The van der Waals surface area contributed by atoms with E-state index in [0.717, 1.165) is 64.2 Å². The average molecular weight is 573 g/mol. The summed E-state index contributed by atoms with van der Waals surface area (Å²) in [6.45, 7) is 15.8. The van der Waals surface area contributed by atoms with Gasteiger partial charge < -0.3 is 59.3 Å². The summed E-state index contributed by atoms with van der Waals surface area (Å²) in [4.78, 5) is 4.53. The van der Waals surface area contributed by atoms with Gasteiger partial charge in [0.2, 0.25) is 0 Å². The largest absolute Gasteiger partial charge is 0.500 e. The van der Waals surface area contributed by atoms with E-state index in [1.54, 1.807) is 21.3 Å². The van der Waals surface area contributed by atoms with Crippen LogP contribution in [0.25, 0.3) is 0 Å². The van der Waals surface area contributed by atoms with Crippen LogP contribution in [-0.2, 0) is 26.6 Å². The van der Waals surface area contributed by atoms with E-state index < -0.39 is 17.6 Å². The molecule has 0 aliphatic heterocycles. The molecule has 0 atom stereocenters. The first-order valence-corrected chi connectivity index (χ1v) is 17.5. The Balaban J connectivity index is 0. The van der Waals surface area contributed by atoms with Crippen molar-refractivity contribution in [3.8, 4) is 0 Å². The van der Waals surface area contributed by atoms with Crippen LogP contribution in [0.3, 0.4) is 0 Å². The molecule has 0 radical (unpaired) electrons. The fraction of sp³-hybridized carbons (Fsp3) is 1.00. The van der Waals surface area contributed by atoms with E-state index >= 15 is 0 Å². The molecule has 8 N–H and O–H groups in total. The predicted molar refractivity (Wildman–Crippen MR) is 155 cm³/mol. The summed E-state index contributed by atoms with van der Waals surface area (Å²) in [6, 6.07) is 1.65. The average Bonchev–Trinajstić information content (AvgIpc) is 2.88. The first-order chi connectivity index (χ1) is 17.8. The zero-order valence-electron chi connectivity index (χ0n) is 24.7. The zero-order valence-corrected chi connectivity index (χ0v) is 26.7. The maximum atomic E-state index is 5.84. The van der Waals surface area contributed by atoms with Crippen molar-refractivity contribution in [1.29, 1.82) is 0 Å². The maximum absolute atomic E-state index is 5.84. The van der Waals surface area contributed by atoms with Gasteiger partial charge in [-0.3, -0.25) is 0 Å². The molecule has 0 unspecified atom stereocenters. The van der Waals surface area contributed by atoms with E-state index in [9.17, 15) is 0 Å². The molecule has 0 aromatic heterocycles. The van der Waals surface area contributed by atoms with E-state index in [4.69, 9.17) is 49.5 Å². The highest BCUT2D eigenvalue weighted by molar-refractivity contribution is 6.61. The standard InChI is InChI=1S/C13H33N3O3Si.C10H27N3O3Si/c1-4-17-20(18-5-2,19-6-3)13-7-10-16(11-8-14)12-9-15;1-14-17(15-2,16-3)10-4-7-13(8-5-11)9-6-12/h4-15H2,1-3H3;4-12H2,1-3H3. The van der Waals surface area contributed by atoms with Crippen LogP contribution in [0.15, 0.2) is 0 Å². The lowest BCUT2D eigenvalue weighted by Gasteiger charge is -2.29. The van der Waals surface area contributed by atoms with Gasteiger partial charge in [-0.1, -0.05) is 0 Å². The van der Waals surface area contributed by atoms with E-state index in [-0.39, 0.29) is 0 Å². The normalized spacial score (nSPS) is 12.3. The van der Waals surface area contributed by atoms with Crippen LogP contribution < -0.4 is 22.9 Å². The Morgan fingerprint density at radius 1 is 0.486 bits per heavy atom. The third kappa shape index (κ3) is 18.8. The Hall–Kier alpha value is -0.0462. The minimum Gasteiger partial charge on any atom is -0.377 e. The van der Waals surface area contributed by atoms with Gasteiger partial charge in [0.1, 0.15) is 0 Å². The van der Waals surface area contributed by atoms with E-state index in [1.807, 2.05) is 20.8 Å². The molecule has 0 saturated carbocycles. The molecule has 14 heteroatoms. The predicted octanol–water partition coefficient (Wildman–Crippen LogP) is 0.118. The second-order valence-corrected chi connectivity index (χ2v) is 14.1. The molecular formula is C23H60N6O6Si2. The number of hydrogen-bond donors (Lipinski definition) is 4. The molecule has 0 aliphatic rings. The van der Waals surface area contributed by atoms with Gasteiger partial charge in [0.05, 0.1) is 0 Å². The Bertz CT molecular complexity index is 450. The zero-order chi connectivity index (χ0) is 28.4. The maximum Gasteiger partial charge on any atom is 0.500 e. The fourth-order valence-corrected chi connectivity index (χ4v) is 8.29. The summed E-state index contributed by atoms with van der Waals surface area (Å²) in [5.41, 5.74) is 22.3. The van der Waals surface area contributed by atoms with Crippen LogP contribution in [0.2, 0.25) is 12.1 Å². The van der Waals surface area contributed by atoms with E-state index in [2.05, 4.69) is 9.80 Å². The lowest BCUT2D eigenvalue weighted by atomic mass is 10.4. The van der Waals surface area contributed by atoms with E-state index in [0.29, 0.717) is 46.0 Å². The molecule has 0 heterocycles. The van der Waals surface area contributed by atoms with Gasteiger partial charge in [-0.25, -0.2) is 0 Å². The minimum atomic E-state index is -2.50. The fourth-order valence-electron chi connectivity index (χ4n) is 4.00. The molecular weight excluding hydrogens is 512 g/mol. The van der Waals surface area contributed by atoms with Crippen molar-refractivity contribution in [2.24, 2.45) is 22.9 Å². The monoisotopic (exact) mass is 572 g/mol. The van der Waals surface area contributed by atoms with Crippen LogP contribution in [-0.4, -0.2) is 134 Å². The number of nitrogens with zero attached hydrogens (tertiary/aromatic N) is 2. The highest BCUT2D eigenvalue weighted by Gasteiger charge is 2.39. The van der Waals surface area contributed by atoms with Crippen molar-refractivity contribution in [2.45, 2.75) is 45.7 Å². The molecule has 0 saturated heterocycles. The summed E-state index contributed by atoms with van der Waals surface area (Å²) in [7, 11) is -0.00972. The minimum absolute atomic E-state index is 0.627. The Morgan fingerprint density at radius 3 is 1.03 bits per heavy atom. The molecule has 0 aromatic carbocycles. The highest BCUT2D eigenvalue weighted by Crippen LogP contribution is 2.18. The van der Waals surface area contributed by atoms with Gasteiger partial charge in [-0.15, -0.1) is 0 Å². The Kier molecular flexibility index (Phi) is 27.7. The smallest absolute Gasteiger partial charge is 0.377 e. The van der Waals surface area contributed by atoms with Gasteiger partial charge in [-0.05, 0) is 46.7 Å². The summed E-state index contributed by atoms with van der Waals surface area (Å²) < 4.78 is 33.6. The number of rotatable bonds is 25. The van der Waals surface area contributed by atoms with Crippen molar-refractivity contribution in [3.63, 3.8) is 0 Å². The summed E-state index contributed by atoms with van der Waals surface area (Å²) in [6.07, 6.45) is 1.94. The van der Waals surface area contributed by atoms with Gasteiger partial charge >= 0.3 is 17.6 Å². The Morgan fingerprint density at radius 2 is 0.784 bits per heavy atom. The first kappa shape index (κ1) is 39.1. The van der Waals surface area contributed by atoms with Gasteiger partial charge in [-0.2, -0.15) is 0 Å². The molecule has 0 spiro atoms. The summed E-state index contributed by atoms with van der Waals surface area (Å²) in [5, 5.41) is 0. The van der Waals surface area contributed by atoms with Crippen LogP contribution >= 0.6 is 0 Å². The first-order valence-electron chi connectivity index (χ1n) is 13.7. The van der Waals surface area contributed by atoms with Crippen molar-refractivity contribution < 1.29 is 26.6 Å². The van der Waals surface area contributed by atoms with Crippen molar-refractivity contribution in [3.05, 3.63) is 0 Å². The molecule has 0 rings (SSSR count). The Labute approximate surface area is 229 Å². The van der Waals surface area contributed by atoms with Crippen molar-refractivity contribution in [2.75, 3.05) is 107 Å². The van der Waals surface area contributed by atoms with Crippen LogP contribution in [0, 0.1) is 0 Å². The summed E-state index contributed by atoms with van der Waals surface area (Å²) in [5.74, 6) is 0. The van der Waals surface area contributed by atoms with E-state index in [1.165, 1.54) is 0 Å². The lowest BCUT2D eigenvalue weighted by Crippen LogP contribution is -2.46. The number of nitrogens with two attached hydrogens (primary N) is 4. The molecule has 37 heavy (non-hydrogen) atoms. The number of hydrogen-bond acceptors (Lipinski definition) is 12. The SMILES string of the molecule is CCO[Si](CCCN(CCN)CCN)(OCC)OCC.CO[Si](CCCN(CCN)CCN)(OC)OC. The molecule has 0 fully saturated rings. The van der Waals surface area contributed by atoms with Crippen LogP contribution in [0.5, 0.6) is 0 Å². The van der Waals surface area contributed by atoms with Gasteiger partial charge in [0.15, 0.2) is 0 Å². The van der Waals surface area contributed by atoms with Crippen LogP contribution in [0.1, 0.15) is 33.6 Å². The summed E-state index contributed by atoms with van der Waals surface area (Å²) >= 11 is 0. The third-order valence-electron chi connectivity index (χ3n) is 5.72. The molecule has 12 nitrogen and oxygen atoms in total. The van der Waals surface area contributed by atoms with Crippen molar-refractivity contribution >= 4 is 17.6 Å².